The van der Waals surface area contributed by atoms with Crippen LogP contribution in [0.4, 0.5) is 5.69 Å². The molecule has 3 N–H and O–H groups in total. The van der Waals surface area contributed by atoms with Crippen LogP contribution in [0.15, 0.2) is 12.1 Å². The van der Waals surface area contributed by atoms with Crippen molar-refractivity contribution in [1.82, 2.24) is 10.4 Å². The van der Waals surface area contributed by atoms with Gasteiger partial charge in [-0.2, -0.15) is 0 Å². The third-order valence-electron chi connectivity index (χ3n) is 3.97. The molecule has 8 heteroatoms. The lowest BCUT2D eigenvalue weighted by Gasteiger charge is -2.12. The smallest absolute Gasteiger partial charge is 0.286 e. The van der Waals surface area contributed by atoms with Crippen molar-refractivity contribution in [3.8, 4) is 0 Å². The highest BCUT2D eigenvalue weighted by Gasteiger charge is 2.26. The number of fused-ring (bicyclic) bond motifs is 1. The number of hydrazine groups is 1. The minimum absolute atomic E-state index is 0.0702. The number of aryl methyl sites for hydroxylation is 1. The van der Waals surface area contributed by atoms with Gasteiger partial charge in [-0.3, -0.25) is 20.4 Å². The van der Waals surface area contributed by atoms with Crippen LogP contribution in [-0.2, 0) is 6.42 Å². The topological polar surface area (TPSA) is 74.0 Å². The second-order valence-corrected chi connectivity index (χ2v) is 6.83. The van der Waals surface area contributed by atoms with Crippen LogP contribution in [0.2, 0.25) is 15.1 Å². The Morgan fingerprint density at radius 2 is 1.83 bits per heavy atom. The summed E-state index contributed by atoms with van der Waals surface area (Å²) >= 11 is 18.0. The highest BCUT2D eigenvalue weighted by atomic mass is 35.5. The maximum absolute atomic E-state index is 12.4. The molecule has 1 amide bonds. The molecule has 24 heavy (non-hydrogen) atoms. The Hall–Kier alpha value is -1.69. The lowest BCUT2D eigenvalue weighted by atomic mass is 9.94. The minimum Gasteiger partial charge on any atom is -0.354 e. The van der Waals surface area contributed by atoms with E-state index in [4.69, 9.17) is 34.8 Å². The fraction of sp³-hybridized carbons (Fsp3) is 0.250. The molecule has 0 atom stereocenters. The van der Waals surface area contributed by atoms with Crippen LogP contribution in [0.5, 0.6) is 0 Å². The zero-order valence-corrected chi connectivity index (χ0v) is 15.0. The quantitative estimate of drug-likeness (QED) is 0.677. The first-order valence-corrected chi connectivity index (χ1v) is 8.47. The van der Waals surface area contributed by atoms with Crippen molar-refractivity contribution in [1.29, 1.82) is 0 Å². The Morgan fingerprint density at radius 3 is 2.46 bits per heavy atom. The van der Waals surface area contributed by atoms with Crippen molar-refractivity contribution in [2.45, 2.75) is 26.2 Å². The molecular weight excluding hydrogens is 373 g/mol. The van der Waals surface area contributed by atoms with Crippen molar-refractivity contribution in [2.75, 3.05) is 5.43 Å². The number of H-pyrrole nitrogens is 1. The number of Topliss-reactive ketones (excluding diaryl/α,β-unsaturated/α-hetero) is 1. The fourth-order valence-electron chi connectivity index (χ4n) is 2.84. The Kier molecular flexibility index (Phi) is 4.76. The van der Waals surface area contributed by atoms with E-state index in [0.29, 0.717) is 34.0 Å². The molecule has 0 bridgehead atoms. The number of halogens is 3. The normalized spacial score (nSPS) is 13.6. The summed E-state index contributed by atoms with van der Waals surface area (Å²) in [4.78, 5) is 27.5. The Labute approximate surface area is 153 Å². The maximum atomic E-state index is 12.4. The van der Waals surface area contributed by atoms with Gasteiger partial charge in [0.15, 0.2) is 5.78 Å². The highest BCUT2D eigenvalue weighted by Crippen LogP contribution is 2.33. The summed E-state index contributed by atoms with van der Waals surface area (Å²) in [6.07, 6.45) is 2.07. The molecule has 0 spiro atoms. The molecule has 1 aromatic carbocycles. The van der Waals surface area contributed by atoms with E-state index in [1.165, 1.54) is 12.1 Å². The van der Waals surface area contributed by atoms with Gasteiger partial charge in [0, 0.05) is 22.7 Å². The van der Waals surface area contributed by atoms with Crippen LogP contribution in [-0.4, -0.2) is 16.7 Å². The third kappa shape index (κ3) is 3.11. The second-order valence-electron chi connectivity index (χ2n) is 5.58. The summed E-state index contributed by atoms with van der Waals surface area (Å²) in [5.74, 6) is -0.336. The molecule has 1 aliphatic rings. The lowest BCUT2D eigenvalue weighted by molar-refractivity contribution is 0.0956. The molecule has 2 aromatic rings. The average Bonchev–Trinajstić information content (AvgIpc) is 2.84. The van der Waals surface area contributed by atoms with E-state index in [9.17, 15) is 9.59 Å². The molecule has 0 fully saturated rings. The van der Waals surface area contributed by atoms with Gasteiger partial charge in [0.25, 0.3) is 5.91 Å². The zero-order valence-electron chi connectivity index (χ0n) is 12.7. The molecule has 1 aliphatic carbocycles. The van der Waals surface area contributed by atoms with Gasteiger partial charge in [-0.1, -0.05) is 34.8 Å². The first-order valence-electron chi connectivity index (χ1n) is 7.34. The number of aromatic nitrogens is 1. The molecule has 0 saturated heterocycles. The predicted molar refractivity (Wildman–Crippen MR) is 95.4 cm³/mol. The summed E-state index contributed by atoms with van der Waals surface area (Å²) in [5, 5.41) is 0.962. The number of carbonyl (C=O) groups excluding carboxylic acids is 2. The van der Waals surface area contributed by atoms with Crippen molar-refractivity contribution in [2.24, 2.45) is 0 Å². The molecule has 0 saturated carbocycles. The molecule has 0 aliphatic heterocycles. The monoisotopic (exact) mass is 385 g/mol. The zero-order chi connectivity index (χ0) is 17.4. The Balaban J connectivity index is 1.81. The van der Waals surface area contributed by atoms with Gasteiger partial charge >= 0.3 is 0 Å². The number of hydrogen-bond donors (Lipinski definition) is 3. The van der Waals surface area contributed by atoms with E-state index in [1.807, 2.05) is 0 Å². The number of rotatable bonds is 3. The number of ketones is 1. The van der Waals surface area contributed by atoms with Gasteiger partial charge in [-0.25, -0.2) is 0 Å². The Morgan fingerprint density at radius 1 is 1.17 bits per heavy atom. The number of anilines is 1. The van der Waals surface area contributed by atoms with Crippen LogP contribution in [0.1, 0.15) is 44.9 Å². The minimum atomic E-state index is -0.406. The summed E-state index contributed by atoms with van der Waals surface area (Å²) in [7, 11) is 0. The number of nitrogens with one attached hydrogen (secondary N) is 3. The van der Waals surface area contributed by atoms with E-state index >= 15 is 0 Å². The molecule has 0 radical (unpaired) electrons. The van der Waals surface area contributed by atoms with Crippen LogP contribution >= 0.6 is 34.8 Å². The largest absolute Gasteiger partial charge is 0.354 e. The van der Waals surface area contributed by atoms with Gasteiger partial charge in [0.2, 0.25) is 0 Å². The summed E-state index contributed by atoms with van der Waals surface area (Å²) in [6, 6.07) is 3.03. The van der Waals surface area contributed by atoms with Gasteiger partial charge in [-0.05, 0) is 37.5 Å². The van der Waals surface area contributed by atoms with Crippen LogP contribution < -0.4 is 10.9 Å². The SMILES string of the molecule is Cc1c(C(=O)NNc2c(Cl)cc(Cl)cc2Cl)[nH]c2c1C(=O)CCC2. The fourth-order valence-corrected chi connectivity index (χ4v) is 3.76. The van der Waals surface area contributed by atoms with Crippen molar-refractivity contribution in [3.05, 3.63) is 49.7 Å². The molecule has 3 rings (SSSR count). The summed E-state index contributed by atoms with van der Waals surface area (Å²) in [6.45, 7) is 1.76. The number of aromatic amines is 1. The van der Waals surface area contributed by atoms with Gasteiger partial charge in [0.05, 0.1) is 15.7 Å². The first kappa shape index (κ1) is 17.1. The maximum Gasteiger partial charge on any atom is 0.286 e. The van der Waals surface area contributed by atoms with Crippen LogP contribution in [0, 0.1) is 6.92 Å². The molecule has 5 nitrogen and oxygen atoms in total. The predicted octanol–water partition coefficient (Wildman–Crippen LogP) is 4.56. The van der Waals surface area contributed by atoms with E-state index in [1.54, 1.807) is 6.92 Å². The van der Waals surface area contributed by atoms with Crippen LogP contribution in [0.3, 0.4) is 0 Å². The number of amides is 1. The molecule has 1 heterocycles. The van der Waals surface area contributed by atoms with Crippen molar-refractivity contribution >= 4 is 52.2 Å². The third-order valence-corrected chi connectivity index (χ3v) is 4.79. The standard InChI is InChI=1S/C16H14Cl3N3O2/c1-7-13-11(3-2-4-12(13)23)20-14(7)16(24)22-21-15-9(18)5-8(17)6-10(15)19/h5-6,20-21H,2-4H2,1H3,(H,22,24). The van der Waals surface area contributed by atoms with Gasteiger partial charge in [-0.15, -0.1) is 0 Å². The number of hydrogen-bond acceptors (Lipinski definition) is 3. The number of benzene rings is 1. The molecular formula is C16H14Cl3N3O2. The van der Waals surface area contributed by atoms with E-state index in [-0.39, 0.29) is 15.8 Å². The molecule has 126 valence electrons. The Bertz CT molecular complexity index is 822. The van der Waals surface area contributed by atoms with Crippen LogP contribution in [0.25, 0.3) is 0 Å². The van der Waals surface area contributed by atoms with Crippen molar-refractivity contribution in [3.63, 3.8) is 0 Å². The summed E-state index contributed by atoms with van der Waals surface area (Å²) < 4.78 is 0. The first-order chi connectivity index (χ1) is 11.4. The van der Waals surface area contributed by atoms with E-state index in [0.717, 1.165) is 18.5 Å². The van der Waals surface area contributed by atoms with Crippen molar-refractivity contribution < 1.29 is 9.59 Å². The van der Waals surface area contributed by atoms with Gasteiger partial charge in [0.1, 0.15) is 5.69 Å². The highest BCUT2D eigenvalue weighted by molar-refractivity contribution is 6.41. The molecule has 1 aromatic heterocycles. The van der Waals surface area contributed by atoms with E-state index < -0.39 is 5.91 Å². The number of carbonyl (C=O) groups is 2. The second kappa shape index (κ2) is 6.67. The average molecular weight is 387 g/mol. The summed E-state index contributed by atoms with van der Waals surface area (Å²) in [5.41, 5.74) is 8.04. The van der Waals surface area contributed by atoms with Gasteiger partial charge < -0.3 is 4.98 Å². The van der Waals surface area contributed by atoms with E-state index in [2.05, 4.69) is 15.8 Å². The molecule has 0 unspecified atom stereocenters. The lowest BCUT2D eigenvalue weighted by Crippen LogP contribution is -2.30.